The molecular weight excluding hydrogens is 305 g/mol. The molecule has 1 N–H and O–H groups in total. The average Bonchev–Trinajstić information content (AvgIpc) is 2.72. The molecule has 0 radical (unpaired) electrons. The van der Waals surface area contributed by atoms with Gasteiger partial charge in [-0.3, -0.25) is 4.79 Å². The fourth-order valence-electron chi connectivity index (χ4n) is 3.25. The number of carbonyl (C=O) groups is 1. The quantitative estimate of drug-likeness (QED) is 0.862. The van der Waals surface area contributed by atoms with Gasteiger partial charge in [-0.05, 0) is 18.1 Å². The van der Waals surface area contributed by atoms with Crippen molar-refractivity contribution in [1.29, 1.82) is 0 Å². The Hall–Kier alpha value is -1.27. The molecule has 3 nitrogen and oxygen atoms in total. The third-order valence-electron chi connectivity index (χ3n) is 4.11. The Labute approximate surface area is 126 Å². The second kappa shape index (κ2) is 5.50. The van der Waals surface area contributed by atoms with Crippen LogP contribution in [0.2, 0.25) is 0 Å². The minimum Gasteiger partial charge on any atom is -0.329 e. The van der Waals surface area contributed by atoms with Gasteiger partial charge in [0.15, 0.2) is 0 Å². The third-order valence-corrected chi connectivity index (χ3v) is 4.11. The molecule has 21 heavy (non-hydrogen) atoms. The van der Waals surface area contributed by atoms with Crippen LogP contribution in [0.1, 0.15) is 40.9 Å². The molecule has 116 valence electrons. The van der Waals surface area contributed by atoms with E-state index in [-0.39, 0.29) is 30.1 Å². The Morgan fingerprint density at radius 3 is 2.71 bits per heavy atom. The number of hydrogen-bond donors (Lipinski definition) is 1. The number of nitrogens with one attached hydrogen (secondary N) is 1. The topological polar surface area (TPSA) is 32.3 Å². The lowest BCUT2D eigenvalue weighted by Gasteiger charge is -2.37. The Morgan fingerprint density at radius 1 is 1.38 bits per heavy atom. The first kappa shape index (κ1) is 16.1. The number of alkyl halides is 3. The monoisotopic (exact) mass is 320 g/mol. The maximum Gasteiger partial charge on any atom is 0.417 e. The summed E-state index contributed by atoms with van der Waals surface area (Å²) in [5.74, 6) is -0.488. The van der Waals surface area contributed by atoms with Crippen molar-refractivity contribution in [3.63, 3.8) is 0 Å². The minimum atomic E-state index is -4.50. The van der Waals surface area contributed by atoms with Gasteiger partial charge in [-0.1, -0.05) is 19.1 Å². The summed E-state index contributed by atoms with van der Waals surface area (Å²) in [6.07, 6.45) is -3.73. The Morgan fingerprint density at radius 2 is 2.10 bits per heavy atom. The number of benzene rings is 1. The van der Waals surface area contributed by atoms with Crippen LogP contribution < -0.4 is 5.32 Å². The third kappa shape index (κ3) is 2.40. The van der Waals surface area contributed by atoms with E-state index >= 15 is 0 Å². The number of piperazine rings is 1. The molecule has 0 aliphatic carbocycles. The summed E-state index contributed by atoms with van der Waals surface area (Å²) in [4.78, 5) is 13.9. The number of halogens is 4. The van der Waals surface area contributed by atoms with Gasteiger partial charge in [-0.25, -0.2) is 0 Å². The van der Waals surface area contributed by atoms with E-state index in [1.165, 1.54) is 6.07 Å². The highest BCUT2D eigenvalue weighted by atomic mass is 35.5. The van der Waals surface area contributed by atoms with E-state index in [9.17, 15) is 18.0 Å². The maximum atomic E-state index is 13.1. The van der Waals surface area contributed by atoms with E-state index in [2.05, 4.69) is 5.32 Å². The van der Waals surface area contributed by atoms with Crippen molar-refractivity contribution in [3.05, 3.63) is 34.9 Å². The Kier molecular flexibility index (Phi) is 4.22. The summed E-state index contributed by atoms with van der Waals surface area (Å²) < 4.78 is 39.3. The first-order valence-corrected chi connectivity index (χ1v) is 6.69. The lowest BCUT2D eigenvalue weighted by atomic mass is 9.93. The van der Waals surface area contributed by atoms with Crippen molar-refractivity contribution < 1.29 is 18.0 Å². The molecule has 0 aromatic heterocycles. The van der Waals surface area contributed by atoms with Gasteiger partial charge in [0, 0.05) is 19.1 Å². The van der Waals surface area contributed by atoms with Gasteiger partial charge in [0.2, 0.25) is 0 Å². The molecule has 0 saturated carbocycles. The van der Waals surface area contributed by atoms with Crippen molar-refractivity contribution in [2.24, 2.45) is 0 Å². The second-order valence-electron chi connectivity index (χ2n) is 5.18. The lowest BCUT2D eigenvalue weighted by Crippen LogP contribution is -2.51. The lowest BCUT2D eigenvalue weighted by molar-refractivity contribution is -0.137. The molecule has 7 heteroatoms. The number of hydrogen-bond acceptors (Lipinski definition) is 2. The van der Waals surface area contributed by atoms with E-state index in [1.54, 1.807) is 11.0 Å². The van der Waals surface area contributed by atoms with Crippen LogP contribution >= 0.6 is 12.4 Å². The van der Waals surface area contributed by atoms with Crippen LogP contribution in [0.25, 0.3) is 0 Å². The van der Waals surface area contributed by atoms with Crippen molar-refractivity contribution in [3.8, 4) is 0 Å². The van der Waals surface area contributed by atoms with Gasteiger partial charge in [0.1, 0.15) is 0 Å². The predicted molar refractivity (Wildman–Crippen MR) is 74.6 cm³/mol. The highest BCUT2D eigenvalue weighted by Gasteiger charge is 2.47. The second-order valence-corrected chi connectivity index (χ2v) is 5.18. The highest BCUT2D eigenvalue weighted by molar-refractivity contribution is 6.01. The van der Waals surface area contributed by atoms with E-state index in [0.29, 0.717) is 18.7 Å². The molecule has 2 atom stereocenters. The van der Waals surface area contributed by atoms with Crippen LogP contribution in [0.4, 0.5) is 13.2 Å². The molecule has 0 bridgehead atoms. The zero-order chi connectivity index (χ0) is 14.5. The summed E-state index contributed by atoms with van der Waals surface area (Å²) in [5.41, 5.74) is -0.472. The van der Waals surface area contributed by atoms with Crippen LogP contribution in [0, 0.1) is 0 Å². The zero-order valence-electron chi connectivity index (χ0n) is 11.4. The number of carbonyl (C=O) groups excluding carboxylic acids is 1. The van der Waals surface area contributed by atoms with Crippen LogP contribution in [0.15, 0.2) is 18.2 Å². The van der Waals surface area contributed by atoms with Crippen molar-refractivity contribution in [1.82, 2.24) is 10.2 Å². The molecule has 0 unspecified atom stereocenters. The average molecular weight is 321 g/mol. The molecule has 1 saturated heterocycles. The van der Waals surface area contributed by atoms with Crippen LogP contribution in [0.3, 0.4) is 0 Å². The molecule has 2 heterocycles. The van der Waals surface area contributed by atoms with Crippen molar-refractivity contribution in [2.45, 2.75) is 31.6 Å². The first-order valence-electron chi connectivity index (χ1n) is 6.69. The Balaban J connectivity index is 0.00000161. The van der Waals surface area contributed by atoms with Gasteiger partial charge < -0.3 is 10.2 Å². The normalized spacial score (nSPS) is 24.4. The maximum absolute atomic E-state index is 13.1. The summed E-state index contributed by atoms with van der Waals surface area (Å²) in [7, 11) is 0. The predicted octanol–water partition coefficient (Wildman–Crippen LogP) is 3.01. The molecule has 2 aliphatic heterocycles. The molecule has 0 spiro atoms. The number of amides is 1. The van der Waals surface area contributed by atoms with E-state index in [1.807, 2.05) is 6.92 Å². The number of rotatable bonds is 1. The summed E-state index contributed by atoms with van der Waals surface area (Å²) in [6, 6.07) is 3.75. The molecule has 1 amide bonds. The zero-order valence-corrected chi connectivity index (χ0v) is 12.2. The molecule has 2 aliphatic rings. The van der Waals surface area contributed by atoms with Gasteiger partial charge in [0.05, 0.1) is 17.2 Å². The smallest absolute Gasteiger partial charge is 0.329 e. The van der Waals surface area contributed by atoms with Gasteiger partial charge in [0.25, 0.3) is 5.91 Å². The van der Waals surface area contributed by atoms with E-state index in [4.69, 9.17) is 0 Å². The summed E-state index contributed by atoms with van der Waals surface area (Å²) in [5, 5.41) is 3.28. The van der Waals surface area contributed by atoms with Crippen LogP contribution in [-0.4, -0.2) is 29.9 Å². The summed E-state index contributed by atoms with van der Waals surface area (Å²) >= 11 is 0. The van der Waals surface area contributed by atoms with E-state index < -0.39 is 17.6 Å². The number of fused-ring (bicyclic) bond motifs is 3. The summed E-state index contributed by atoms with van der Waals surface area (Å²) in [6.45, 7) is 3.04. The largest absolute Gasteiger partial charge is 0.417 e. The Bertz CT molecular complexity index is 562. The fraction of sp³-hybridized carbons (Fsp3) is 0.500. The molecular formula is C14H16ClF3N2O. The SMILES string of the molecule is CC[C@@H]1NCCN2C(=O)c3c(cccc3C(F)(F)F)[C@H]12.Cl. The number of nitrogens with zero attached hydrogens (tertiary/aromatic N) is 1. The van der Waals surface area contributed by atoms with E-state index in [0.717, 1.165) is 12.5 Å². The van der Waals surface area contributed by atoms with Crippen molar-refractivity contribution >= 4 is 18.3 Å². The molecule has 1 aromatic rings. The fourth-order valence-corrected chi connectivity index (χ4v) is 3.25. The van der Waals surface area contributed by atoms with Crippen LogP contribution in [-0.2, 0) is 6.18 Å². The van der Waals surface area contributed by atoms with Gasteiger partial charge >= 0.3 is 6.18 Å². The first-order chi connectivity index (χ1) is 9.45. The van der Waals surface area contributed by atoms with Crippen molar-refractivity contribution in [2.75, 3.05) is 13.1 Å². The standard InChI is InChI=1S/C14H15F3N2O.ClH/c1-2-10-12-8-4-3-5-9(14(15,16)17)11(8)13(20)19(12)7-6-18-10;/h3-5,10,12,18H,2,6-7H2,1H3;1H/t10-,12+;/m0./s1. The molecule has 1 aromatic carbocycles. The molecule has 1 fully saturated rings. The molecule has 3 rings (SSSR count). The van der Waals surface area contributed by atoms with Gasteiger partial charge in [-0.2, -0.15) is 13.2 Å². The highest BCUT2D eigenvalue weighted by Crippen LogP contribution is 2.43. The van der Waals surface area contributed by atoms with Crippen LogP contribution in [0.5, 0.6) is 0 Å². The minimum absolute atomic E-state index is 0. The van der Waals surface area contributed by atoms with Gasteiger partial charge in [-0.15, -0.1) is 12.4 Å².